The standard InChI is InChI=1S/C17H17F3N2O2/c1-12-6-8-15(9-7-12)23-11-13(2)21-22-14-4-3-5-16(10-14)24-17(18,19)20/h3-10,22H,11H2,1-2H3/b21-13+. The Hall–Kier alpha value is -2.70. The third kappa shape index (κ3) is 6.20. The first-order valence-corrected chi connectivity index (χ1v) is 7.16. The number of benzene rings is 2. The number of anilines is 1. The van der Waals surface area contributed by atoms with E-state index in [0.717, 1.165) is 11.3 Å². The largest absolute Gasteiger partial charge is 0.573 e. The summed E-state index contributed by atoms with van der Waals surface area (Å²) in [6.45, 7) is 3.99. The molecule has 0 aliphatic rings. The fourth-order valence-corrected chi connectivity index (χ4v) is 1.78. The molecule has 0 heterocycles. The number of nitrogens with one attached hydrogen (secondary N) is 1. The van der Waals surface area contributed by atoms with Crippen molar-refractivity contribution in [1.82, 2.24) is 0 Å². The number of nitrogens with zero attached hydrogens (tertiary/aromatic N) is 1. The Balaban J connectivity index is 1.89. The average Bonchev–Trinajstić information content (AvgIpc) is 2.51. The van der Waals surface area contributed by atoms with Crippen LogP contribution in [0.1, 0.15) is 12.5 Å². The van der Waals surface area contributed by atoms with Gasteiger partial charge < -0.3 is 9.47 Å². The highest BCUT2D eigenvalue weighted by Crippen LogP contribution is 2.25. The lowest BCUT2D eigenvalue weighted by atomic mass is 10.2. The Bertz CT molecular complexity index is 698. The summed E-state index contributed by atoms with van der Waals surface area (Å²) in [5.41, 5.74) is 4.83. The van der Waals surface area contributed by atoms with Gasteiger partial charge in [-0.1, -0.05) is 23.8 Å². The number of halogens is 3. The molecule has 24 heavy (non-hydrogen) atoms. The van der Waals surface area contributed by atoms with E-state index in [0.29, 0.717) is 11.4 Å². The van der Waals surface area contributed by atoms with Gasteiger partial charge >= 0.3 is 6.36 Å². The zero-order valence-corrected chi connectivity index (χ0v) is 13.2. The Kier molecular flexibility index (Phi) is 5.68. The summed E-state index contributed by atoms with van der Waals surface area (Å²) in [6.07, 6.45) is -4.72. The molecule has 0 amide bonds. The first kappa shape index (κ1) is 17.7. The van der Waals surface area contributed by atoms with E-state index in [2.05, 4.69) is 15.3 Å². The number of hydrogen-bond acceptors (Lipinski definition) is 4. The minimum absolute atomic E-state index is 0.259. The molecule has 0 atom stereocenters. The number of hydrogen-bond donors (Lipinski definition) is 1. The fourth-order valence-electron chi connectivity index (χ4n) is 1.78. The summed E-state index contributed by atoms with van der Waals surface area (Å²) >= 11 is 0. The highest BCUT2D eigenvalue weighted by atomic mass is 19.4. The average molecular weight is 338 g/mol. The van der Waals surface area contributed by atoms with E-state index in [1.165, 1.54) is 18.2 Å². The molecule has 2 aromatic carbocycles. The molecule has 0 aromatic heterocycles. The van der Waals surface area contributed by atoms with Gasteiger partial charge in [-0.2, -0.15) is 5.10 Å². The van der Waals surface area contributed by atoms with Gasteiger partial charge in [-0.3, -0.25) is 5.43 Å². The van der Waals surface area contributed by atoms with Crippen molar-refractivity contribution >= 4 is 11.4 Å². The van der Waals surface area contributed by atoms with E-state index >= 15 is 0 Å². The van der Waals surface area contributed by atoms with Crippen LogP contribution < -0.4 is 14.9 Å². The normalized spacial score (nSPS) is 12.0. The Morgan fingerprint density at radius 2 is 1.79 bits per heavy atom. The molecule has 2 aromatic rings. The first-order valence-electron chi connectivity index (χ1n) is 7.16. The summed E-state index contributed by atoms with van der Waals surface area (Å²) in [6, 6.07) is 13.0. The predicted molar refractivity (Wildman–Crippen MR) is 86.5 cm³/mol. The molecule has 1 N–H and O–H groups in total. The summed E-state index contributed by atoms with van der Waals surface area (Å²) in [5.74, 6) is 0.409. The third-order valence-corrected chi connectivity index (χ3v) is 2.91. The van der Waals surface area contributed by atoms with Crippen LogP contribution in [-0.4, -0.2) is 18.7 Å². The van der Waals surface area contributed by atoms with Gasteiger partial charge in [0, 0.05) is 6.07 Å². The van der Waals surface area contributed by atoms with Gasteiger partial charge in [0.25, 0.3) is 0 Å². The fraction of sp³-hybridized carbons (Fsp3) is 0.235. The molecule has 7 heteroatoms. The van der Waals surface area contributed by atoms with Crippen molar-refractivity contribution in [3.63, 3.8) is 0 Å². The lowest BCUT2D eigenvalue weighted by Crippen LogP contribution is -2.17. The first-order chi connectivity index (χ1) is 11.3. The van der Waals surface area contributed by atoms with Gasteiger partial charge in [-0.25, -0.2) is 0 Å². The second kappa shape index (κ2) is 7.72. The van der Waals surface area contributed by atoms with Crippen molar-refractivity contribution in [3.05, 3.63) is 54.1 Å². The van der Waals surface area contributed by atoms with Crippen LogP contribution in [0, 0.1) is 6.92 Å². The van der Waals surface area contributed by atoms with Gasteiger partial charge in [0.15, 0.2) is 0 Å². The number of hydrazone groups is 1. The molecule has 0 fully saturated rings. The van der Waals surface area contributed by atoms with E-state index in [-0.39, 0.29) is 12.4 Å². The summed E-state index contributed by atoms with van der Waals surface area (Å²) < 4.78 is 46.0. The summed E-state index contributed by atoms with van der Waals surface area (Å²) in [7, 11) is 0. The Morgan fingerprint density at radius 1 is 1.08 bits per heavy atom. The highest BCUT2D eigenvalue weighted by molar-refractivity contribution is 5.84. The molecule has 128 valence electrons. The zero-order chi connectivity index (χ0) is 17.6. The van der Waals surface area contributed by atoms with E-state index in [9.17, 15) is 13.2 Å². The van der Waals surface area contributed by atoms with E-state index < -0.39 is 6.36 Å². The molecule has 0 bridgehead atoms. The second-order valence-corrected chi connectivity index (χ2v) is 5.14. The van der Waals surface area contributed by atoms with Crippen LogP contribution in [0.2, 0.25) is 0 Å². The van der Waals surface area contributed by atoms with Crippen molar-refractivity contribution in [1.29, 1.82) is 0 Å². The molecular weight excluding hydrogens is 321 g/mol. The van der Waals surface area contributed by atoms with E-state index in [1.807, 2.05) is 31.2 Å². The Morgan fingerprint density at radius 3 is 2.46 bits per heavy atom. The third-order valence-electron chi connectivity index (χ3n) is 2.91. The van der Waals surface area contributed by atoms with E-state index in [4.69, 9.17) is 4.74 Å². The van der Waals surface area contributed by atoms with Crippen LogP contribution >= 0.6 is 0 Å². The molecule has 0 saturated heterocycles. The molecule has 0 aliphatic heterocycles. The molecule has 0 aliphatic carbocycles. The van der Waals surface area contributed by atoms with Crippen LogP contribution in [0.4, 0.5) is 18.9 Å². The maximum absolute atomic E-state index is 12.2. The summed E-state index contributed by atoms with van der Waals surface area (Å²) in [4.78, 5) is 0. The quantitative estimate of drug-likeness (QED) is 0.610. The SMILES string of the molecule is C/C(COc1ccc(C)cc1)=N\Nc1cccc(OC(F)(F)F)c1. The van der Waals surface area contributed by atoms with Crippen LogP contribution in [0.5, 0.6) is 11.5 Å². The Labute approximate surface area is 137 Å². The molecule has 0 saturated carbocycles. The van der Waals surface area contributed by atoms with Crippen molar-refractivity contribution in [2.24, 2.45) is 5.10 Å². The second-order valence-electron chi connectivity index (χ2n) is 5.14. The van der Waals surface area contributed by atoms with Crippen LogP contribution in [0.25, 0.3) is 0 Å². The molecule has 2 rings (SSSR count). The summed E-state index contributed by atoms with van der Waals surface area (Å²) in [5, 5.41) is 4.07. The molecule has 0 unspecified atom stereocenters. The van der Waals surface area contributed by atoms with Gasteiger partial charge in [-0.05, 0) is 38.1 Å². The predicted octanol–water partition coefficient (Wildman–Crippen LogP) is 4.76. The maximum atomic E-state index is 12.2. The lowest BCUT2D eigenvalue weighted by molar-refractivity contribution is -0.274. The van der Waals surface area contributed by atoms with Crippen molar-refractivity contribution < 1.29 is 22.6 Å². The molecule has 4 nitrogen and oxygen atoms in total. The number of rotatable bonds is 6. The van der Waals surface area contributed by atoms with Crippen molar-refractivity contribution in [2.75, 3.05) is 12.0 Å². The maximum Gasteiger partial charge on any atom is 0.573 e. The van der Waals surface area contributed by atoms with Crippen molar-refractivity contribution in [2.45, 2.75) is 20.2 Å². The van der Waals surface area contributed by atoms with E-state index in [1.54, 1.807) is 13.0 Å². The number of ether oxygens (including phenoxy) is 2. The van der Waals surface area contributed by atoms with Gasteiger partial charge in [0.1, 0.15) is 18.1 Å². The number of alkyl halides is 3. The van der Waals surface area contributed by atoms with Gasteiger partial charge in [0.05, 0.1) is 11.4 Å². The van der Waals surface area contributed by atoms with Gasteiger partial charge in [0.2, 0.25) is 0 Å². The molecule has 0 spiro atoms. The van der Waals surface area contributed by atoms with Crippen LogP contribution in [0.3, 0.4) is 0 Å². The topological polar surface area (TPSA) is 42.8 Å². The van der Waals surface area contributed by atoms with Crippen molar-refractivity contribution in [3.8, 4) is 11.5 Å². The minimum Gasteiger partial charge on any atom is -0.488 e. The molecular formula is C17H17F3N2O2. The van der Waals surface area contributed by atoms with Crippen LogP contribution in [-0.2, 0) is 0 Å². The molecule has 0 radical (unpaired) electrons. The highest BCUT2D eigenvalue weighted by Gasteiger charge is 2.31. The van der Waals surface area contributed by atoms with Gasteiger partial charge in [-0.15, -0.1) is 13.2 Å². The minimum atomic E-state index is -4.72. The zero-order valence-electron chi connectivity index (χ0n) is 13.2. The number of aryl methyl sites for hydroxylation is 1. The monoisotopic (exact) mass is 338 g/mol. The van der Waals surface area contributed by atoms with Crippen LogP contribution in [0.15, 0.2) is 53.6 Å². The lowest BCUT2D eigenvalue weighted by Gasteiger charge is -2.10. The smallest absolute Gasteiger partial charge is 0.488 e.